The molecule has 156 valence electrons. The summed E-state index contributed by atoms with van der Waals surface area (Å²) in [5, 5.41) is 40.3. The van der Waals surface area contributed by atoms with Crippen molar-refractivity contribution in [3.63, 3.8) is 0 Å². The molecule has 0 aromatic rings. The van der Waals surface area contributed by atoms with Crippen LogP contribution in [0.25, 0.3) is 0 Å². The first kappa shape index (κ1) is 21.6. The van der Waals surface area contributed by atoms with Crippen LogP contribution >= 0.6 is 0 Å². The van der Waals surface area contributed by atoms with Crippen molar-refractivity contribution in [3.05, 3.63) is 0 Å². The highest BCUT2D eigenvalue weighted by molar-refractivity contribution is 5.80. The van der Waals surface area contributed by atoms with E-state index < -0.39 is 43.6 Å². The van der Waals surface area contributed by atoms with Gasteiger partial charge in [-0.25, -0.2) is 9.59 Å². The Morgan fingerprint density at radius 3 is 1.37 bits per heavy atom. The van der Waals surface area contributed by atoms with E-state index in [9.17, 15) is 30.0 Å². The summed E-state index contributed by atoms with van der Waals surface area (Å²) in [6, 6.07) is -1.53. The zero-order valence-corrected chi connectivity index (χ0v) is 15.5. The highest BCUT2D eigenvalue weighted by Gasteiger charge is 2.50. The van der Waals surface area contributed by atoms with Crippen LogP contribution in [0.4, 0.5) is 9.59 Å². The van der Waals surface area contributed by atoms with Gasteiger partial charge in [0, 0.05) is 13.2 Å². The number of aliphatic hydroxyl groups is 4. The second kappa shape index (κ2) is 9.48. The average Bonchev–Trinajstić information content (AvgIpc) is 2.97. The number of rotatable bonds is 10. The van der Waals surface area contributed by atoms with Crippen LogP contribution in [0.3, 0.4) is 0 Å². The van der Waals surface area contributed by atoms with Crippen molar-refractivity contribution in [2.75, 3.05) is 33.3 Å². The Morgan fingerprint density at radius 2 is 1.04 bits per heavy atom. The van der Waals surface area contributed by atoms with Gasteiger partial charge >= 0.3 is 12.1 Å². The molecule has 0 aromatic heterocycles. The molecule has 12 nitrogen and oxygen atoms in total. The van der Waals surface area contributed by atoms with E-state index in [0.717, 1.165) is 19.6 Å². The van der Waals surface area contributed by atoms with E-state index in [-0.39, 0.29) is 13.5 Å². The van der Waals surface area contributed by atoms with Crippen molar-refractivity contribution in [2.24, 2.45) is 0 Å². The van der Waals surface area contributed by atoms with Crippen molar-refractivity contribution >= 4 is 12.1 Å². The highest BCUT2D eigenvalue weighted by atomic mass is 16.5. The quantitative estimate of drug-likeness (QED) is 0.327. The molecule has 12 heteroatoms. The van der Waals surface area contributed by atoms with Gasteiger partial charge in [0.25, 0.3) is 0 Å². The number of hydrogen-bond acceptors (Lipinski definition) is 8. The van der Waals surface area contributed by atoms with Crippen LogP contribution in [0.5, 0.6) is 0 Å². The minimum absolute atomic E-state index is 0.225. The van der Waals surface area contributed by atoms with Gasteiger partial charge in [-0.2, -0.15) is 0 Å². The molecule has 2 fully saturated rings. The van der Waals surface area contributed by atoms with Gasteiger partial charge in [0.15, 0.2) is 24.9 Å². The number of urea groups is 2. The maximum absolute atomic E-state index is 12.4. The van der Waals surface area contributed by atoms with Crippen molar-refractivity contribution in [1.82, 2.24) is 19.6 Å². The molecule has 0 radical (unpaired) electrons. The highest BCUT2D eigenvalue weighted by Crippen LogP contribution is 2.25. The van der Waals surface area contributed by atoms with E-state index in [1.807, 2.05) is 13.8 Å². The van der Waals surface area contributed by atoms with Crippen LogP contribution in [0.1, 0.15) is 26.7 Å². The molecule has 4 N–H and O–H groups in total. The average molecular weight is 392 g/mol. The monoisotopic (exact) mass is 392 g/mol. The summed E-state index contributed by atoms with van der Waals surface area (Å²) in [6.45, 7) is 3.53. The molecule has 27 heavy (non-hydrogen) atoms. The Labute approximate surface area is 157 Å². The maximum Gasteiger partial charge on any atom is 0.327 e. The Balaban J connectivity index is 2.02. The van der Waals surface area contributed by atoms with Crippen LogP contribution in [-0.4, -0.2) is 110 Å². The molecule has 2 rings (SSSR count). The summed E-state index contributed by atoms with van der Waals surface area (Å²) in [6.07, 6.45) is -4.90. The normalized spacial score (nSPS) is 28.8. The van der Waals surface area contributed by atoms with Crippen molar-refractivity contribution in [3.8, 4) is 0 Å². The van der Waals surface area contributed by atoms with Crippen molar-refractivity contribution < 1.29 is 39.5 Å². The summed E-state index contributed by atoms with van der Waals surface area (Å²) in [5.74, 6) is 0. The second-order valence-electron chi connectivity index (χ2n) is 6.31. The van der Waals surface area contributed by atoms with E-state index in [1.54, 1.807) is 0 Å². The van der Waals surface area contributed by atoms with Gasteiger partial charge in [0.2, 0.25) is 0 Å². The lowest BCUT2D eigenvalue weighted by atomic mass is 10.4. The first-order valence-electron chi connectivity index (χ1n) is 8.87. The van der Waals surface area contributed by atoms with Gasteiger partial charge in [-0.3, -0.25) is 19.6 Å². The lowest BCUT2D eigenvalue weighted by Gasteiger charge is -2.27. The smallest absolute Gasteiger partial charge is 0.327 e. The topological polar surface area (TPSA) is 146 Å². The molecule has 2 aliphatic heterocycles. The van der Waals surface area contributed by atoms with Gasteiger partial charge < -0.3 is 29.9 Å². The Hall–Kier alpha value is -1.70. The first-order chi connectivity index (χ1) is 12.8. The Morgan fingerprint density at radius 1 is 0.704 bits per heavy atom. The third kappa shape index (κ3) is 4.42. The first-order valence-corrected chi connectivity index (χ1v) is 8.87. The van der Waals surface area contributed by atoms with Crippen molar-refractivity contribution in [2.45, 2.75) is 51.6 Å². The molecule has 4 amide bonds. The predicted molar refractivity (Wildman–Crippen MR) is 89.3 cm³/mol. The van der Waals surface area contributed by atoms with Gasteiger partial charge in [-0.05, 0) is 12.8 Å². The largest absolute Gasteiger partial charge is 0.369 e. The van der Waals surface area contributed by atoms with E-state index in [4.69, 9.17) is 9.47 Å². The fourth-order valence-corrected chi connectivity index (χ4v) is 2.76. The SMILES string of the molecule is CCCOCN1C(=O)N(CN2C(=O)N(COCCC)C(O)C2O)C(O)C1O. The number of hydrogen-bond donors (Lipinski definition) is 4. The molecule has 0 aliphatic carbocycles. The fourth-order valence-electron chi connectivity index (χ4n) is 2.76. The van der Waals surface area contributed by atoms with Crippen LogP contribution in [0.2, 0.25) is 0 Å². The van der Waals surface area contributed by atoms with E-state index >= 15 is 0 Å². The summed E-state index contributed by atoms with van der Waals surface area (Å²) < 4.78 is 10.4. The molecule has 2 aliphatic rings. The van der Waals surface area contributed by atoms with Gasteiger partial charge in [-0.1, -0.05) is 13.8 Å². The zero-order valence-electron chi connectivity index (χ0n) is 15.5. The number of carbonyl (C=O) groups is 2. The standard InChI is InChI=1S/C15H28N4O8/c1-3-5-26-8-18-12(22)10(20)16(14(18)24)7-17-11(21)13(23)19(15(17)25)9-27-6-4-2/h10-13,20-23H,3-9H2,1-2H3. The molecule has 4 unspecified atom stereocenters. The molecule has 0 saturated carbocycles. The molecular formula is C15H28N4O8. The molecule has 0 aromatic carbocycles. The third-order valence-corrected chi connectivity index (χ3v) is 4.26. The van der Waals surface area contributed by atoms with Crippen LogP contribution in [0.15, 0.2) is 0 Å². The zero-order chi connectivity index (χ0) is 20.1. The molecule has 2 heterocycles. The van der Waals surface area contributed by atoms with Crippen LogP contribution in [-0.2, 0) is 9.47 Å². The molecule has 4 atom stereocenters. The third-order valence-electron chi connectivity index (χ3n) is 4.26. The van der Waals surface area contributed by atoms with Gasteiger partial charge in [0.1, 0.15) is 20.1 Å². The van der Waals surface area contributed by atoms with Crippen molar-refractivity contribution in [1.29, 1.82) is 0 Å². The molecular weight excluding hydrogens is 364 g/mol. The number of ether oxygens (including phenoxy) is 2. The maximum atomic E-state index is 12.4. The van der Waals surface area contributed by atoms with Crippen LogP contribution in [0, 0.1) is 0 Å². The molecule has 0 bridgehead atoms. The summed E-state index contributed by atoms with van der Waals surface area (Å²) in [7, 11) is 0. The summed E-state index contributed by atoms with van der Waals surface area (Å²) in [4.78, 5) is 28.3. The molecule has 0 spiro atoms. The van der Waals surface area contributed by atoms with Crippen LogP contribution < -0.4 is 0 Å². The number of amides is 4. The minimum atomic E-state index is -1.62. The van der Waals surface area contributed by atoms with E-state index in [0.29, 0.717) is 26.1 Å². The van der Waals surface area contributed by atoms with Gasteiger partial charge in [0.05, 0.1) is 0 Å². The van der Waals surface area contributed by atoms with E-state index in [2.05, 4.69) is 0 Å². The number of carbonyl (C=O) groups excluding carboxylic acids is 2. The Bertz CT molecular complexity index is 480. The van der Waals surface area contributed by atoms with E-state index in [1.165, 1.54) is 0 Å². The summed E-state index contributed by atoms with van der Waals surface area (Å²) >= 11 is 0. The number of aliphatic hydroxyl groups excluding tert-OH is 4. The molecule has 2 saturated heterocycles. The number of nitrogens with zero attached hydrogens (tertiary/aromatic N) is 4. The van der Waals surface area contributed by atoms with Gasteiger partial charge in [-0.15, -0.1) is 0 Å². The lowest BCUT2D eigenvalue weighted by molar-refractivity contribution is -0.112. The fraction of sp³-hybridized carbons (Fsp3) is 0.867. The Kier molecular flexibility index (Phi) is 7.59. The minimum Gasteiger partial charge on any atom is -0.369 e. The lowest BCUT2D eigenvalue weighted by Crippen LogP contribution is -2.48. The second-order valence-corrected chi connectivity index (χ2v) is 6.31. The summed E-state index contributed by atoms with van der Waals surface area (Å²) in [5.41, 5.74) is 0. The predicted octanol–water partition coefficient (Wildman–Crippen LogP) is -1.54.